The van der Waals surface area contributed by atoms with Crippen LogP contribution in [0.1, 0.15) is 17.7 Å². The van der Waals surface area contributed by atoms with E-state index in [0.717, 1.165) is 24.3 Å². The van der Waals surface area contributed by atoms with Crippen LogP contribution in [0.15, 0.2) is 0 Å². The summed E-state index contributed by atoms with van der Waals surface area (Å²) in [4.78, 5) is 0. The molecular formula is C12H21ClN2O3. The second-order valence-electron chi connectivity index (χ2n) is 3.99. The summed E-state index contributed by atoms with van der Waals surface area (Å²) in [6, 6.07) is 0. The maximum atomic E-state index is 6.09. The van der Waals surface area contributed by atoms with Crippen molar-refractivity contribution in [3.8, 4) is 0 Å². The molecule has 0 saturated carbocycles. The van der Waals surface area contributed by atoms with Gasteiger partial charge >= 0.3 is 0 Å². The molecule has 104 valence electrons. The molecule has 0 amide bonds. The summed E-state index contributed by atoms with van der Waals surface area (Å²) in [6.45, 7) is 4.96. The molecule has 1 aromatic heterocycles. The van der Waals surface area contributed by atoms with Gasteiger partial charge in [0.25, 0.3) is 0 Å². The lowest BCUT2D eigenvalue weighted by Gasteiger charge is -2.05. The number of hydrogen-bond acceptors (Lipinski definition) is 4. The van der Waals surface area contributed by atoms with Crippen LogP contribution in [0, 0.1) is 6.92 Å². The van der Waals surface area contributed by atoms with Crippen LogP contribution in [0.3, 0.4) is 0 Å². The third kappa shape index (κ3) is 4.94. The lowest BCUT2D eigenvalue weighted by molar-refractivity contribution is 0.0335. The Balaban J connectivity index is 2.11. The van der Waals surface area contributed by atoms with E-state index in [0.29, 0.717) is 31.6 Å². The topological polar surface area (TPSA) is 45.5 Å². The number of rotatable bonds is 9. The Bertz CT molecular complexity index is 355. The van der Waals surface area contributed by atoms with Crippen LogP contribution in [0.2, 0.25) is 5.15 Å². The van der Waals surface area contributed by atoms with E-state index in [9.17, 15) is 0 Å². The normalized spacial score (nSPS) is 11.1. The van der Waals surface area contributed by atoms with Gasteiger partial charge in [0.15, 0.2) is 0 Å². The van der Waals surface area contributed by atoms with E-state index in [1.807, 2.05) is 14.0 Å². The fraction of sp³-hybridized carbons (Fsp3) is 0.750. The minimum atomic E-state index is 0.472. The molecule has 0 saturated heterocycles. The van der Waals surface area contributed by atoms with Crippen molar-refractivity contribution in [2.75, 3.05) is 33.5 Å². The molecule has 0 atom stereocenters. The summed E-state index contributed by atoms with van der Waals surface area (Å²) >= 11 is 6.09. The number of ether oxygens (including phenoxy) is 3. The Labute approximate surface area is 113 Å². The zero-order valence-electron chi connectivity index (χ0n) is 11.2. The summed E-state index contributed by atoms with van der Waals surface area (Å²) in [5.74, 6) is 0. The van der Waals surface area contributed by atoms with Gasteiger partial charge in [-0.15, -0.1) is 0 Å². The van der Waals surface area contributed by atoms with Crippen LogP contribution in [-0.2, 0) is 27.9 Å². The molecule has 0 unspecified atom stereocenters. The summed E-state index contributed by atoms with van der Waals surface area (Å²) in [5.41, 5.74) is 1.85. The first-order chi connectivity index (χ1) is 8.66. The van der Waals surface area contributed by atoms with E-state index in [4.69, 9.17) is 25.8 Å². The van der Waals surface area contributed by atoms with E-state index in [-0.39, 0.29) is 0 Å². The molecule has 0 N–H and O–H groups in total. The average molecular weight is 277 g/mol. The van der Waals surface area contributed by atoms with Gasteiger partial charge in [-0.1, -0.05) is 11.6 Å². The van der Waals surface area contributed by atoms with Crippen LogP contribution >= 0.6 is 11.6 Å². The monoisotopic (exact) mass is 276 g/mol. The van der Waals surface area contributed by atoms with E-state index in [2.05, 4.69) is 5.10 Å². The molecule has 0 bridgehead atoms. The van der Waals surface area contributed by atoms with Crippen molar-refractivity contribution < 1.29 is 14.2 Å². The predicted octanol–water partition coefficient (Wildman–Crippen LogP) is 1.95. The second-order valence-corrected chi connectivity index (χ2v) is 4.35. The largest absolute Gasteiger partial charge is 0.385 e. The van der Waals surface area contributed by atoms with Gasteiger partial charge in [-0.25, -0.2) is 0 Å². The van der Waals surface area contributed by atoms with Crippen molar-refractivity contribution in [2.45, 2.75) is 20.0 Å². The molecule has 1 heterocycles. The zero-order valence-corrected chi connectivity index (χ0v) is 12.0. The highest BCUT2D eigenvalue weighted by Gasteiger charge is 2.10. The smallest absolute Gasteiger partial charge is 0.132 e. The van der Waals surface area contributed by atoms with Gasteiger partial charge in [0.1, 0.15) is 5.15 Å². The Kier molecular flexibility index (Phi) is 7.27. The lowest BCUT2D eigenvalue weighted by atomic mass is 10.3. The molecule has 18 heavy (non-hydrogen) atoms. The highest BCUT2D eigenvalue weighted by molar-refractivity contribution is 6.30. The quantitative estimate of drug-likeness (QED) is 0.647. The minimum absolute atomic E-state index is 0.472. The number of aromatic nitrogens is 2. The van der Waals surface area contributed by atoms with Gasteiger partial charge in [-0.2, -0.15) is 5.10 Å². The SMILES string of the molecule is COCCCOCCOCc1c(C)nn(C)c1Cl. The maximum absolute atomic E-state index is 6.09. The van der Waals surface area contributed by atoms with Gasteiger partial charge in [-0.3, -0.25) is 4.68 Å². The Morgan fingerprint density at radius 3 is 2.50 bits per heavy atom. The first kappa shape index (κ1) is 15.4. The van der Waals surface area contributed by atoms with E-state index >= 15 is 0 Å². The Hall–Kier alpha value is -0.620. The Morgan fingerprint density at radius 2 is 1.89 bits per heavy atom. The fourth-order valence-corrected chi connectivity index (χ4v) is 1.77. The highest BCUT2D eigenvalue weighted by atomic mass is 35.5. The molecule has 5 nitrogen and oxygen atoms in total. The van der Waals surface area contributed by atoms with Crippen molar-refractivity contribution in [3.05, 3.63) is 16.4 Å². The molecule has 1 aromatic rings. The van der Waals surface area contributed by atoms with E-state index < -0.39 is 0 Å². The molecule has 0 aliphatic rings. The predicted molar refractivity (Wildman–Crippen MR) is 69.9 cm³/mol. The van der Waals surface area contributed by atoms with Gasteiger partial charge in [-0.05, 0) is 13.3 Å². The van der Waals surface area contributed by atoms with Crippen molar-refractivity contribution in [1.82, 2.24) is 9.78 Å². The molecule has 0 aliphatic carbocycles. The van der Waals surface area contributed by atoms with Crippen LogP contribution in [0.4, 0.5) is 0 Å². The molecule has 0 radical (unpaired) electrons. The first-order valence-electron chi connectivity index (χ1n) is 5.99. The Morgan fingerprint density at radius 1 is 1.17 bits per heavy atom. The zero-order chi connectivity index (χ0) is 13.4. The van der Waals surface area contributed by atoms with Crippen LogP contribution in [-0.4, -0.2) is 43.3 Å². The summed E-state index contributed by atoms with van der Waals surface area (Å²) in [7, 11) is 3.50. The number of halogens is 1. The lowest BCUT2D eigenvalue weighted by Crippen LogP contribution is -2.07. The number of hydrogen-bond donors (Lipinski definition) is 0. The van der Waals surface area contributed by atoms with Gasteiger partial charge in [0, 0.05) is 32.9 Å². The molecule has 0 spiro atoms. The molecule has 1 rings (SSSR count). The number of nitrogens with zero attached hydrogens (tertiary/aromatic N) is 2. The van der Waals surface area contributed by atoms with Gasteiger partial charge in [0.05, 0.1) is 25.5 Å². The number of aryl methyl sites for hydroxylation is 2. The fourth-order valence-electron chi connectivity index (χ4n) is 1.54. The van der Waals surface area contributed by atoms with Crippen molar-refractivity contribution in [3.63, 3.8) is 0 Å². The minimum Gasteiger partial charge on any atom is -0.385 e. The molecular weight excluding hydrogens is 256 g/mol. The molecule has 0 aliphatic heterocycles. The van der Waals surface area contributed by atoms with Crippen LogP contribution in [0.5, 0.6) is 0 Å². The van der Waals surface area contributed by atoms with Gasteiger partial charge in [0.2, 0.25) is 0 Å². The summed E-state index contributed by atoms with van der Waals surface area (Å²) < 4.78 is 17.5. The highest BCUT2D eigenvalue weighted by Crippen LogP contribution is 2.19. The van der Waals surface area contributed by atoms with Gasteiger partial charge < -0.3 is 14.2 Å². The van der Waals surface area contributed by atoms with Crippen LogP contribution < -0.4 is 0 Å². The number of methoxy groups -OCH3 is 1. The van der Waals surface area contributed by atoms with Crippen molar-refractivity contribution in [2.24, 2.45) is 7.05 Å². The van der Waals surface area contributed by atoms with Crippen molar-refractivity contribution in [1.29, 1.82) is 0 Å². The third-order valence-corrected chi connectivity index (χ3v) is 3.00. The molecule has 6 heteroatoms. The van der Waals surface area contributed by atoms with E-state index in [1.165, 1.54) is 0 Å². The second kappa shape index (κ2) is 8.48. The molecule has 0 aromatic carbocycles. The third-order valence-electron chi connectivity index (χ3n) is 2.53. The summed E-state index contributed by atoms with van der Waals surface area (Å²) in [5, 5.41) is 4.85. The first-order valence-corrected chi connectivity index (χ1v) is 6.37. The average Bonchev–Trinajstić information content (AvgIpc) is 2.58. The van der Waals surface area contributed by atoms with Crippen LogP contribution in [0.25, 0.3) is 0 Å². The molecule has 0 fully saturated rings. The summed E-state index contributed by atoms with van der Waals surface area (Å²) in [6.07, 6.45) is 0.907. The van der Waals surface area contributed by atoms with E-state index in [1.54, 1.807) is 11.8 Å². The van der Waals surface area contributed by atoms with Crippen molar-refractivity contribution >= 4 is 11.6 Å². The standard InChI is InChI=1S/C12H21ClN2O3/c1-10-11(12(13)15(2)14-10)9-18-8-7-17-6-4-5-16-3/h4-9H2,1-3H3. The maximum Gasteiger partial charge on any atom is 0.132 e.